The van der Waals surface area contributed by atoms with Gasteiger partial charge in [-0.05, 0) is 74.8 Å². The molecule has 3 aliphatic rings. The molecule has 136 valence electrons. The van der Waals surface area contributed by atoms with Crippen molar-refractivity contribution < 1.29 is 14.3 Å². The van der Waals surface area contributed by atoms with Crippen LogP contribution in [-0.2, 0) is 16.0 Å². The largest absolute Gasteiger partial charge is 0.489 e. The van der Waals surface area contributed by atoms with E-state index >= 15 is 0 Å². The van der Waals surface area contributed by atoms with Crippen LogP contribution in [0.2, 0.25) is 0 Å². The molecule has 2 unspecified atom stereocenters. The van der Waals surface area contributed by atoms with Gasteiger partial charge in [-0.15, -0.1) is 0 Å². The molecule has 0 saturated carbocycles. The summed E-state index contributed by atoms with van der Waals surface area (Å²) in [5.41, 5.74) is 8.16. The predicted molar refractivity (Wildman–Crippen MR) is 102 cm³/mol. The highest BCUT2D eigenvalue weighted by molar-refractivity contribution is 5.91. The molecule has 0 aromatic heterocycles. The number of esters is 1. The third-order valence-corrected chi connectivity index (χ3v) is 6.08. The normalized spacial score (nSPS) is 24.4. The number of allylic oxidation sites excluding steroid dienone is 3. The molecule has 1 aromatic rings. The van der Waals surface area contributed by atoms with E-state index in [-0.39, 0.29) is 18.0 Å². The fourth-order valence-electron chi connectivity index (χ4n) is 4.40. The average molecular weight is 350 g/mol. The molecule has 0 radical (unpaired) electrons. The third kappa shape index (κ3) is 2.80. The summed E-state index contributed by atoms with van der Waals surface area (Å²) < 4.78 is 11.9. The zero-order valence-electron chi connectivity index (χ0n) is 15.9. The second-order valence-corrected chi connectivity index (χ2v) is 7.83. The zero-order valence-corrected chi connectivity index (χ0v) is 15.9. The van der Waals surface area contributed by atoms with Crippen LogP contribution in [0, 0.1) is 19.8 Å². The number of benzene rings is 1. The molecule has 3 heteroatoms. The van der Waals surface area contributed by atoms with E-state index in [1.165, 1.54) is 22.3 Å². The second-order valence-electron chi connectivity index (χ2n) is 7.83. The quantitative estimate of drug-likeness (QED) is 0.564. The minimum absolute atomic E-state index is 0.109. The van der Waals surface area contributed by atoms with E-state index in [1.807, 2.05) is 0 Å². The van der Waals surface area contributed by atoms with Crippen LogP contribution < -0.4 is 4.74 Å². The third-order valence-electron chi connectivity index (χ3n) is 6.08. The molecule has 1 heterocycles. The zero-order chi connectivity index (χ0) is 18.4. The van der Waals surface area contributed by atoms with Gasteiger partial charge in [0.2, 0.25) is 0 Å². The van der Waals surface area contributed by atoms with Crippen LogP contribution in [-0.4, -0.2) is 12.6 Å². The molecule has 2 aliphatic carbocycles. The van der Waals surface area contributed by atoms with Crippen molar-refractivity contribution in [1.82, 2.24) is 0 Å². The standard InChI is InChI=1S/C23H26O3/c1-13-5-7-17(8-6-13)12-25-20-11-14(2)18-9-10-19-15(3)23(24)26-22(19)21(18)16(20)4/h5,7,11,19,22H,3,6,8-10,12H2,1-2,4H3. The van der Waals surface area contributed by atoms with E-state index < -0.39 is 0 Å². The van der Waals surface area contributed by atoms with Crippen LogP contribution in [0.3, 0.4) is 0 Å². The summed E-state index contributed by atoms with van der Waals surface area (Å²) in [7, 11) is 0. The van der Waals surface area contributed by atoms with Gasteiger partial charge in [0.1, 0.15) is 18.5 Å². The Morgan fingerprint density at radius 2 is 2.00 bits per heavy atom. The molecule has 0 spiro atoms. The van der Waals surface area contributed by atoms with Gasteiger partial charge in [0, 0.05) is 17.1 Å². The molecule has 1 aliphatic heterocycles. The van der Waals surface area contributed by atoms with Gasteiger partial charge in [0.25, 0.3) is 0 Å². The van der Waals surface area contributed by atoms with Gasteiger partial charge in [-0.3, -0.25) is 0 Å². The minimum atomic E-state index is -0.245. The Morgan fingerprint density at radius 1 is 1.19 bits per heavy atom. The van der Waals surface area contributed by atoms with Crippen LogP contribution in [0.1, 0.15) is 54.5 Å². The van der Waals surface area contributed by atoms with Gasteiger partial charge in [-0.25, -0.2) is 4.79 Å². The van der Waals surface area contributed by atoms with Crippen LogP contribution >= 0.6 is 0 Å². The van der Waals surface area contributed by atoms with E-state index in [1.54, 1.807) is 0 Å². The number of carbonyl (C=O) groups is 1. The maximum absolute atomic E-state index is 12.0. The second kappa shape index (κ2) is 6.46. The first-order chi connectivity index (χ1) is 12.5. The lowest BCUT2D eigenvalue weighted by atomic mass is 9.76. The summed E-state index contributed by atoms with van der Waals surface area (Å²) in [4.78, 5) is 12.0. The van der Waals surface area contributed by atoms with Crippen molar-refractivity contribution in [1.29, 1.82) is 0 Å². The first-order valence-corrected chi connectivity index (χ1v) is 9.46. The topological polar surface area (TPSA) is 35.5 Å². The summed E-state index contributed by atoms with van der Waals surface area (Å²) in [6, 6.07) is 2.14. The first-order valence-electron chi connectivity index (χ1n) is 9.46. The van der Waals surface area contributed by atoms with Crippen LogP contribution in [0.25, 0.3) is 0 Å². The van der Waals surface area contributed by atoms with E-state index in [4.69, 9.17) is 9.47 Å². The Labute approximate surface area is 155 Å². The summed E-state index contributed by atoms with van der Waals surface area (Å²) in [6.07, 6.45) is 8.24. The SMILES string of the molecule is C=C1C(=O)OC2c3c(C)c(OCC4=CC=C(C)CC4)cc(C)c3CCC12. The van der Waals surface area contributed by atoms with Gasteiger partial charge in [-0.2, -0.15) is 0 Å². The predicted octanol–water partition coefficient (Wildman–Crippen LogP) is 5.07. The molecule has 1 aromatic carbocycles. The van der Waals surface area contributed by atoms with E-state index in [0.717, 1.165) is 42.6 Å². The van der Waals surface area contributed by atoms with Crippen molar-refractivity contribution in [3.05, 3.63) is 63.8 Å². The highest BCUT2D eigenvalue weighted by Crippen LogP contribution is 2.49. The maximum Gasteiger partial charge on any atom is 0.334 e. The minimum Gasteiger partial charge on any atom is -0.489 e. The number of fused-ring (bicyclic) bond motifs is 3. The highest BCUT2D eigenvalue weighted by atomic mass is 16.6. The van der Waals surface area contributed by atoms with Crippen LogP contribution in [0.5, 0.6) is 5.75 Å². The Kier molecular flexibility index (Phi) is 4.26. The Morgan fingerprint density at radius 3 is 2.73 bits per heavy atom. The molecule has 3 nitrogen and oxygen atoms in total. The highest BCUT2D eigenvalue weighted by Gasteiger charge is 2.44. The van der Waals surface area contributed by atoms with Crippen LogP contribution in [0.4, 0.5) is 0 Å². The van der Waals surface area contributed by atoms with Gasteiger partial charge in [0.15, 0.2) is 0 Å². The Balaban J connectivity index is 1.64. The first kappa shape index (κ1) is 17.1. The smallest absolute Gasteiger partial charge is 0.334 e. The van der Waals surface area contributed by atoms with E-state index in [9.17, 15) is 4.79 Å². The lowest BCUT2D eigenvalue weighted by Gasteiger charge is -2.30. The molecule has 26 heavy (non-hydrogen) atoms. The molecule has 0 amide bonds. The van der Waals surface area contributed by atoms with Crippen molar-refractivity contribution >= 4 is 5.97 Å². The summed E-state index contributed by atoms with van der Waals surface area (Å²) >= 11 is 0. The fourth-order valence-corrected chi connectivity index (χ4v) is 4.40. The number of rotatable bonds is 3. The lowest BCUT2D eigenvalue weighted by Crippen LogP contribution is -2.20. The number of hydrogen-bond donors (Lipinski definition) is 0. The fraction of sp³-hybridized carbons (Fsp3) is 0.435. The molecular weight excluding hydrogens is 324 g/mol. The van der Waals surface area contributed by atoms with Crippen molar-refractivity contribution in [3.63, 3.8) is 0 Å². The van der Waals surface area contributed by atoms with Gasteiger partial charge < -0.3 is 9.47 Å². The van der Waals surface area contributed by atoms with E-state index in [2.05, 4.69) is 45.6 Å². The van der Waals surface area contributed by atoms with Gasteiger partial charge in [-0.1, -0.05) is 24.3 Å². The molecule has 0 bridgehead atoms. The molecule has 1 saturated heterocycles. The summed E-state index contributed by atoms with van der Waals surface area (Å²) in [6.45, 7) is 10.9. The summed E-state index contributed by atoms with van der Waals surface area (Å²) in [5.74, 6) is 0.769. The number of ether oxygens (including phenoxy) is 2. The number of hydrogen-bond acceptors (Lipinski definition) is 3. The lowest BCUT2D eigenvalue weighted by molar-refractivity contribution is -0.139. The molecule has 4 rings (SSSR count). The maximum atomic E-state index is 12.0. The van der Waals surface area contributed by atoms with Crippen molar-refractivity contribution in [2.24, 2.45) is 5.92 Å². The molecule has 0 N–H and O–H groups in total. The molecule has 2 atom stereocenters. The van der Waals surface area contributed by atoms with Crippen LogP contribution in [0.15, 0.2) is 41.5 Å². The van der Waals surface area contributed by atoms with E-state index in [0.29, 0.717) is 12.2 Å². The Hall–Kier alpha value is -2.29. The Bertz CT molecular complexity index is 857. The number of aryl methyl sites for hydroxylation is 1. The van der Waals surface area contributed by atoms with Crippen molar-refractivity contribution in [2.75, 3.05) is 6.61 Å². The van der Waals surface area contributed by atoms with Gasteiger partial charge >= 0.3 is 5.97 Å². The van der Waals surface area contributed by atoms with Crippen molar-refractivity contribution in [2.45, 2.75) is 52.6 Å². The summed E-state index contributed by atoms with van der Waals surface area (Å²) in [5, 5.41) is 0. The number of carbonyl (C=O) groups excluding carboxylic acids is 1. The molecule has 1 fully saturated rings. The molecular formula is C23H26O3. The van der Waals surface area contributed by atoms with Gasteiger partial charge in [0.05, 0.1) is 0 Å². The average Bonchev–Trinajstić information content (AvgIpc) is 2.92. The van der Waals surface area contributed by atoms with Crippen molar-refractivity contribution in [3.8, 4) is 5.75 Å². The monoisotopic (exact) mass is 350 g/mol.